The van der Waals surface area contributed by atoms with E-state index < -0.39 is 31.2 Å². The lowest BCUT2D eigenvalue weighted by atomic mass is 10.1. The summed E-state index contributed by atoms with van der Waals surface area (Å²) in [5.74, 6) is -2.01. The summed E-state index contributed by atoms with van der Waals surface area (Å²) in [7, 11) is -3.91. The van der Waals surface area contributed by atoms with Crippen LogP contribution in [-0.2, 0) is 9.84 Å². The van der Waals surface area contributed by atoms with Crippen LogP contribution in [-0.4, -0.2) is 24.2 Å². The maximum Gasteiger partial charge on any atom is 0.312 e. The predicted octanol–water partition coefficient (Wildman–Crippen LogP) is 2.95. The average molecular weight is 382 g/mol. The molecule has 0 aliphatic heterocycles. The van der Waals surface area contributed by atoms with Crippen LogP contribution in [0.15, 0.2) is 45.5 Å². The van der Waals surface area contributed by atoms with Crippen molar-refractivity contribution in [3.63, 3.8) is 0 Å². The maximum atomic E-state index is 14.5. The van der Waals surface area contributed by atoms with Gasteiger partial charge in [-0.05, 0) is 31.2 Å². The fraction of sp³-hybridized carbons (Fsp3) is 0.125. The normalized spacial score (nSPS) is 11.7. The lowest BCUT2D eigenvalue weighted by Gasteiger charge is -2.11. The van der Waals surface area contributed by atoms with Crippen LogP contribution in [0.3, 0.4) is 0 Å². The van der Waals surface area contributed by atoms with Crippen LogP contribution in [0.2, 0.25) is 0 Å². The summed E-state index contributed by atoms with van der Waals surface area (Å²) in [6, 6.07) is 4.68. The molecule has 2 aromatic heterocycles. The van der Waals surface area contributed by atoms with Crippen molar-refractivity contribution in [2.45, 2.75) is 11.8 Å². The Morgan fingerprint density at radius 1 is 1.20 bits per heavy atom. The molecule has 0 N–H and O–H groups in total. The largest absolute Gasteiger partial charge is 0.312 e. The van der Waals surface area contributed by atoms with E-state index in [1.165, 1.54) is 9.95 Å². The minimum Gasteiger partial charge on any atom is -0.265 e. The molecule has 0 amide bonds. The van der Waals surface area contributed by atoms with E-state index in [4.69, 9.17) is 0 Å². The van der Waals surface area contributed by atoms with Crippen LogP contribution in [0, 0.1) is 18.6 Å². The molecule has 3 rings (SSSR count). The summed E-state index contributed by atoms with van der Waals surface area (Å²) in [6.07, 6.45) is 2.35. The van der Waals surface area contributed by atoms with Crippen molar-refractivity contribution < 1.29 is 17.2 Å². The summed E-state index contributed by atoms with van der Waals surface area (Å²) in [5, 5.41) is 1.40. The molecule has 2 heterocycles. The number of rotatable bonds is 3. The Balaban J connectivity index is 2.29. The van der Waals surface area contributed by atoms with Gasteiger partial charge in [0.15, 0.2) is 9.84 Å². The number of nitrogens with zero attached hydrogens (tertiary/aromatic N) is 2. The molecule has 1 aromatic carbocycles. The Morgan fingerprint density at radius 3 is 2.56 bits per heavy atom. The molecule has 0 unspecified atom stereocenters. The second kappa shape index (κ2) is 6.16. The number of pyridine rings is 1. The molecule has 25 heavy (non-hydrogen) atoms. The Hall–Kier alpha value is -2.39. The molecule has 5 nitrogen and oxygen atoms in total. The Morgan fingerprint density at radius 2 is 1.92 bits per heavy atom. The van der Waals surface area contributed by atoms with E-state index >= 15 is 0 Å². The molecule has 0 saturated carbocycles. The molecule has 0 aliphatic rings. The van der Waals surface area contributed by atoms with Gasteiger partial charge in [-0.3, -0.25) is 14.3 Å². The average Bonchev–Trinajstić information content (AvgIpc) is 2.90. The lowest BCUT2D eigenvalue weighted by molar-refractivity contribution is 0.557. The van der Waals surface area contributed by atoms with Crippen molar-refractivity contribution in [2.75, 3.05) is 6.26 Å². The Bertz CT molecular complexity index is 1130. The van der Waals surface area contributed by atoms with E-state index in [1.54, 1.807) is 25.3 Å². The summed E-state index contributed by atoms with van der Waals surface area (Å²) in [4.78, 5) is 15.2. The summed E-state index contributed by atoms with van der Waals surface area (Å²) >= 11 is 0.826. The minimum absolute atomic E-state index is 0.127. The van der Waals surface area contributed by atoms with Crippen LogP contribution < -0.4 is 4.87 Å². The van der Waals surface area contributed by atoms with Crippen LogP contribution in [0.25, 0.3) is 16.9 Å². The molecule has 0 aliphatic carbocycles. The van der Waals surface area contributed by atoms with Gasteiger partial charge in [0.2, 0.25) is 0 Å². The highest BCUT2D eigenvalue weighted by molar-refractivity contribution is 7.90. The zero-order valence-electron chi connectivity index (χ0n) is 13.2. The summed E-state index contributed by atoms with van der Waals surface area (Å²) < 4.78 is 53.0. The van der Waals surface area contributed by atoms with E-state index in [2.05, 4.69) is 4.98 Å². The van der Waals surface area contributed by atoms with Gasteiger partial charge in [-0.15, -0.1) is 0 Å². The molecule has 0 bridgehead atoms. The highest BCUT2D eigenvalue weighted by Crippen LogP contribution is 2.30. The second-order valence-electron chi connectivity index (χ2n) is 5.36. The number of sulfone groups is 1. The number of aromatic nitrogens is 2. The first kappa shape index (κ1) is 17.4. The van der Waals surface area contributed by atoms with E-state index in [0.717, 1.165) is 23.7 Å². The molecule has 0 atom stereocenters. The van der Waals surface area contributed by atoms with Crippen LogP contribution in [0.4, 0.5) is 8.78 Å². The minimum atomic E-state index is -3.91. The van der Waals surface area contributed by atoms with Gasteiger partial charge in [0, 0.05) is 23.4 Å². The number of aryl methyl sites for hydroxylation is 1. The molecule has 0 saturated heterocycles. The topological polar surface area (TPSA) is 69.0 Å². The first-order valence-electron chi connectivity index (χ1n) is 7.02. The Kier molecular flexibility index (Phi) is 4.29. The number of hydrogen-bond donors (Lipinski definition) is 0. The fourth-order valence-electron chi connectivity index (χ4n) is 2.44. The third-order valence-electron chi connectivity index (χ3n) is 3.61. The van der Waals surface area contributed by atoms with Crippen molar-refractivity contribution in [3.05, 3.63) is 62.8 Å². The molecule has 0 spiro atoms. The van der Waals surface area contributed by atoms with E-state index in [9.17, 15) is 22.0 Å². The zero-order chi connectivity index (χ0) is 18.4. The molecule has 0 fully saturated rings. The number of thiazole rings is 1. The van der Waals surface area contributed by atoms with Gasteiger partial charge in [-0.25, -0.2) is 17.2 Å². The van der Waals surface area contributed by atoms with Gasteiger partial charge in [0.05, 0.1) is 17.1 Å². The molecular weight excluding hydrogens is 370 g/mol. The molecule has 130 valence electrons. The molecule has 9 heteroatoms. The SMILES string of the molecule is Cc1ncccc1-n1c(-c2cc(F)c(S(C)(=O)=O)cc2F)csc1=O. The quantitative estimate of drug-likeness (QED) is 0.698. The van der Waals surface area contributed by atoms with Crippen molar-refractivity contribution in [3.8, 4) is 16.9 Å². The first-order valence-corrected chi connectivity index (χ1v) is 9.79. The third kappa shape index (κ3) is 3.12. The van der Waals surface area contributed by atoms with Crippen LogP contribution in [0.5, 0.6) is 0 Å². The van der Waals surface area contributed by atoms with Gasteiger partial charge >= 0.3 is 4.87 Å². The van der Waals surface area contributed by atoms with E-state index in [1.807, 2.05) is 0 Å². The highest BCUT2D eigenvalue weighted by Gasteiger charge is 2.22. The fourth-order valence-corrected chi connectivity index (χ4v) is 3.92. The van der Waals surface area contributed by atoms with Gasteiger partial charge < -0.3 is 0 Å². The third-order valence-corrected chi connectivity index (χ3v) is 5.45. The van der Waals surface area contributed by atoms with Gasteiger partial charge in [-0.2, -0.15) is 0 Å². The lowest BCUT2D eigenvalue weighted by Crippen LogP contribution is -2.14. The summed E-state index contributed by atoms with van der Waals surface area (Å²) in [6.45, 7) is 1.69. The smallest absolute Gasteiger partial charge is 0.265 e. The van der Waals surface area contributed by atoms with Gasteiger partial charge in [0.25, 0.3) is 0 Å². The standard InChI is InChI=1S/C16H12F2N2O3S2/c1-9-13(4-3-5-19-9)20-14(8-24-16(20)21)10-6-12(18)15(7-11(10)17)25(2,22)23/h3-8H,1-2H3. The van der Waals surface area contributed by atoms with Gasteiger partial charge in [0.1, 0.15) is 16.5 Å². The van der Waals surface area contributed by atoms with Crippen molar-refractivity contribution >= 4 is 21.2 Å². The van der Waals surface area contributed by atoms with E-state index in [0.29, 0.717) is 17.4 Å². The Labute approximate surface area is 146 Å². The van der Waals surface area contributed by atoms with Crippen molar-refractivity contribution in [1.82, 2.24) is 9.55 Å². The van der Waals surface area contributed by atoms with Crippen LogP contribution in [0.1, 0.15) is 5.69 Å². The second-order valence-corrected chi connectivity index (χ2v) is 8.17. The predicted molar refractivity (Wildman–Crippen MR) is 90.9 cm³/mol. The van der Waals surface area contributed by atoms with Crippen LogP contribution >= 0.6 is 11.3 Å². The van der Waals surface area contributed by atoms with Crippen molar-refractivity contribution in [1.29, 1.82) is 0 Å². The molecular formula is C16H12F2N2O3S2. The molecule has 3 aromatic rings. The molecule has 0 radical (unpaired) electrons. The number of hydrogen-bond acceptors (Lipinski definition) is 5. The maximum absolute atomic E-state index is 14.5. The number of benzene rings is 1. The van der Waals surface area contributed by atoms with Gasteiger partial charge in [-0.1, -0.05) is 11.3 Å². The van der Waals surface area contributed by atoms with Crippen molar-refractivity contribution in [2.24, 2.45) is 0 Å². The monoisotopic (exact) mass is 382 g/mol. The number of halogens is 2. The van der Waals surface area contributed by atoms with E-state index in [-0.39, 0.29) is 11.3 Å². The first-order chi connectivity index (χ1) is 11.7. The zero-order valence-corrected chi connectivity index (χ0v) is 14.8. The highest BCUT2D eigenvalue weighted by atomic mass is 32.2. The summed E-state index contributed by atoms with van der Waals surface area (Å²) in [5.41, 5.74) is 0.905.